The molecule has 2 atom stereocenters. The molecule has 7 heteroatoms. The second kappa shape index (κ2) is 9.47. The molecule has 0 fully saturated rings. The number of halogens is 1. The highest BCUT2D eigenvalue weighted by Gasteiger charge is 2.20. The van der Waals surface area contributed by atoms with Gasteiger partial charge in [0.25, 0.3) is 0 Å². The van der Waals surface area contributed by atoms with E-state index in [4.69, 9.17) is 21.4 Å². The zero-order chi connectivity index (χ0) is 21.8. The van der Waals surface area contributed by atoms with Crippen LogP contribution in [0.1, 0.15) is 39.6 Å². The van der Waals surface area contributed by atoms with Gasteiger partial charge in [-0.1, -0.05) is 29.8 Å². The number of benzene rings is 2. The smallest absolute Gasteiger partial charge is 0.335 e. The lowest BCUT2D eigenvalue weighted by Crippen LogP contribution is -2.37. The number of pyridine rings is 1. The van der Waals surface area contributed by atoms with E-state index in [0.29, 0.717) is 23.2 Å². The van der Waals surface area contributed by atoms with Gasteiger partial charge in [-0.15, -0.1) is 0 Å². The van der Waals surface area contributed by atoms with Crippen LogP contribution in [-0.4, -0.2) is 33.8 Å². The van der Waals surface area contributed by atoms with Crippen LogP contribution < -0.4 is 10.1 Å². The van der Waals surface area contributed by atoms with Gasteiger partial charge in [0.1, 0.15) is 16.7 Å². The third kappa shape index (κ3) is 5.41. The molecular weight excluding hydrogens is 416 g/mol. The molecule has 6 nitrogen and oxygen atoms in total. The van der Waals surface area contributed by atoms with Crippen molar-refractivity contribution in [3.05, 3.63) is 88.2 Å². The number of carboxylic acids is 1. The van der Waals surface area contributed by atoms with Crippen molar-refractivity contribution in [1.82, 2.24) is 10.3 Å². The summed E-state index contributed by atoms with van der Waals surface area (Å²) in [5, 5.41) is 23.4. The van der Waals surface area contributed by atoms with Gasteiger partial charge in [-0.3, -0.25) is 0 Å². The van der Waals surface area contributed by atoms with Gasteiger partial charge in [-0.05, 0) is 66.8 Å². The Morgan fingerprint density at radius 1 is 1.16 bits per heavy atom. The summed E-state index contributed by atoms with van der Waals surface area (Å²) < 4.78 is 5.89. The Balaban J connectivity index is 1.38. The first-order valence-electron chi connectivity index (χ1n) is 10.1. The predicted octanol–water partition coefficient (Wildman–Crippen LogP) is 4.41. The highest BCUT2D eigenvalue weighted by Crippen LogP contribution is 2.29. The third-order valence-corrected chi connectivity index (χ3v) is 5.68. The highest BCUT2D eigenvalue weighted by atomic mass is 35.5. The van der Waals surface area contributed by atoms with Gasteiger partial charge in [-0.2, -0.15) is 0 Å². The molecule has 1 aliphatic rings. The fraction of sp³-hybridized carbons (Fsp3) is 0.250. The van der Waals surface area contributed by atoms with Crippen molar-refractivity contribution in [1.29, 1.82) is 0 Å². The zero-order valence-corrected chi connectivity index (χ0v) is 17.5. The Labute approximate surface area is 185 Å². The molecule has 0 bridgehead atoms. The Morgan fingerprint density at radius 3 is 2.77 bits per heavy atom. The molecule has 160 valence electrons. The van der Waals surface area contributed by atoms with E-state index >= 15 is 0 Å². The molecule has 1 aromatic heterocycles. The second-order valence-electron chi connectivity index (χ2n) is 7.64. The summed E-state index contributed by atoms with van der Waals surface area (Å²) >= 11 is 5.80. The molecular formula is C24H23ClN2O4. The Morgan fingerprint density at radius 2 is 2.00 bits per heavy atom. The number of aryl methyl sites for hydroxylation is 1. The monoisotopic (exact) mass is 438 g/mol. The van der Waals surface area contributed by atoms with Crippen molar-refractivity contribution >= 4 is 17.6 Å². The quantitative estimate of drug-likeness (QED) is 0.473. The van der Waals surface area contributed by atoms with Crippen molar-refractivity contribution in [2.75, 3.05) is 6.54 Å². The van der Waals surface area contributed by atoms with Gasteiger partial charge in [-0.25, -0.2) is 9.78 Å². The molecule has 0 unspecified atom stereocenters. The Kier molecular flexibility index (Phi) is 6.51. The topological polar surface area (TPSA) is 91.7 Å². The number of aliphatic hydroxyl groups is 1. The summed E-state index contributed by atoms with van der Waals surface area (Å²) in [7, 11) is 0. The molecule has 0 amide bonds. The van der Waals surface area contributed by atoms with E-state index in [-0.39, 0.29) is 11.6 Å². The van der Waals surface area contributed by atoms with Gasteiger partial charge in [0.05, 0.1) is 11.7 Å². The van der Waals surface area contributed by atoms with Crippen molar-refractivity contribution in [3.8, 4) is 11.5 Å². The van der Waals surface area contributed by atoms with E-state index < -0.39 is 12.1 Å². The third-order valence-electron chi connectivity index (χ3n) is 5.46. The number of aromatic carboxylic acids is 1. The second-order valence-corrected chi connectivity index (χ2v) is 8.03. The lowest BCUT2D eigenvalue weighted by molar-refractivity contribution is 0.0696. The van der Waals surface area contributed by atoms with Crippen LogP contribution >= 0.6 is 11.6 Å². The summed E-state index contributed by atoms with van der Waals surface area (Å²) in [5.74, 6) is 0.181. The number of aliphatic hydroxyl groups excluding tert-OH is 1. The summed E-state index contributed by atoms with van der Waals surface area (Å²) in [6.07, 6.45) is 3.70. The minimum absolute atomic E-state index is 0.189. The normalized spacial score (nSPS) is 16.4. The maximum Gasteiger partial charge on any atom is 0.335 e. The van der Waals surface area contributed by atoms with Gasteiger partial charge < -0.3 is 20.3 Å². The standard InChI is InChI=1S/C24H23ClN2O4/c25-23-9-6-17(13-27-23)22(28)14-26-19-7-4-15-5-8-21(12-18(15)10-19)31-20-3-1-2-16(11-20)24(29)30/h1-3,5-6,8-9,11-13,19,22,26,28H,4,7,10,14H2,(H,29,30)/t19-,22+/m0/s1. The number of carbonyl (C=O) groups is 1. The molecule has 0 spiro atoms. The molecule has 1 heterocycles. The van der Waals surface area contributed by atoms with E-state index in [2.05, 4.69) is 16.4 Å². The first-order valence-corrected chi connectivity index (χ1v) is 10.5. The summed E-state index contributed by atoms with van der Waals surface area (Å²) in [6.45, 7) is 0.432. The van der Waals surface area contributed by atoms with Crippen LogP contribution in [0, 0.1) is 0 Å². The predicted molar refractivity (Wildman–Crippen MR) is 118 cm³/mol. The largest absolute Gasteiger partial charge is 0.478 e. The number of ether oxygens (including phenoxy) is 1. The van der Waals surface area contributed by atoms with Gasteiger partial charge >= 0.3 is 5.97 Å². The molecule has 31 heavy (non-hydrogen) atoms. The van der Waals surface area contributed by atoms with E-state index in [0.717, 1.165) is 24.8 Å². The van der Waals surface area contributed by atoms with Crippen LogP contribution in [0.3, 0.4) is 0 Å². The van der Waals surface area contributed by atoms with Gasteiger partial charge in [0, 0.05) is 24.3 Å². The van der Waals surface area contributed by atoms with Crippen LogP contribution in [0.2, 0.25) is 5.15 Å². The molecule has 0 aliphatic heterocycles. The average molecular weight is 439 g/mol. The molecule has 3 aromatic rings. The minimum Gasteiger partial charge on any atom is -0.478 e. The zero-order valence-electron chi connectivity index (χ0n) is 16.8. The minimum atomic E-state index is -0.985. The van der Waals surface area contributed by atoms with Gasteiger partial charge in [0.15, 0.2) is 0 Å². The summed E-state index contributed by atoms with van der Waals surface area (Å²) in [5.41, 5.74) is 3.40. The van der Waals surface area contributed by atoms with Crippen LogP contribution in [0.5, 0.6) is 11.5 Å². The van der Waals surface area contributed by atoms with Crippen molar-refractivity contribution in [2.45, 2.75) is 31.4 Å². The number of nitrogens with one attached hydrogen (secondary N) is 1. The van der Waals surface area contributed by atoms with Gasteiger partial charge in [0.2, 0.25) is 0 Å². The average Bonchev–Trinajstić information content (AvgIpc) is 2.78. The van der Waals surface area contributed by atoms with Crippen molar-refractivity contribution in [2.24, 2.45) is 0 Å². The van der Waals surface area contributed by atoms with E-state index in [1.807, 2.05) is 12.1 Å². The van der Waals surface area contributed by atoms with E-state index in [1.165, 1.54) is 23.3 Å². The maximum absolute atomic E-state index is 11.2. The van der Waals surface area contributed by atoms with Crippen molar-refractivity contribution in [3.63, 3.8) is 0 Å². The number of nitrogens with zero attached hydrogens (tertiary/aromatic N) is 1. The SMILES string of the molecule is O=C(O)c1cccc(Oc2ccc3c(c2)C[C@@H](NC[C@@H](O)c2ccc(Cl)nc2)CC3)c1. The first-order chi connectivity index (χ1) is 15.0. The van der Waals surface area contributed by atoms with Crippen molar-refractivity contribution < 1.29 is 19.7 Å². The summed E-state index contributed by atoms with van der Waals surface area (Å²) in [6, 6.07) is 16.1. The number of hydrogen-bond acceptors (Lipinski definition) is 5. The summed E-state index contributed by atoms with van der Waals surface area (Å²) in [4.78, 5) is 15.2. The number of aromatic nitrogens is 1. The molecule has 2 aromatic carbocycles. The molecule has 0 saturated carbocycles. The van der Waals surface area contributed by atoms with E-state index in [1.54, 1.807) is 30.5 Å². The Hall–Kier alpha value is -2.93. The number of carboxylic acid groups (broad SMARTS) is 1. The molecule has 0 saturated heterocycles. The Bertz CT molecular complexity index is 1070. The number of fused-ring (bicyclic) bond motifs is 1. The first kappa shape index (κ1) is 21.3. The van der Waals surface area contributed by atoms with Crippen LogP contribution in [-0.2, 0) is 12.8 Å². The highest BCUT2D eigenvalue weighted by molar-refractivity contribution is 6.29. The van der Waals surface area contributed by atoms with Crippen LogP contribution in [0.4, 0.5) is 0 Å². The number of hydrogen-bond donors (Lipinski definition) is 3. The lowest BCUT2D eigenvalue weighted by Gasteiger charge is -2.27. The van der Waals surface area contributed by atoms with E-state index in [9.17, 15) is 9.90 Å². The van der Waals surface area contributed by atoms with Crippen LogP contribution in [0.25, 0.3) is 0 Å². The molecule has 3 N–H and O–H groups in total. The molecule has 0 radical (unpaired) electrons. The number of rotatable bonds is 7. The lowest BCUT2D eigenvalue weighted by atomic mass is 9.88. The molecule has 1 aliphatic carbocycles. The fourth-order valence-corrected chi connectivity index (χ4v) is 3.89. The fourth-order valence-electron chi connectivity index (χ4n) is 3.78. The van der Waals surface area contributed by atoms with Crippen LogP contribution in [0.15, 0.2) is 60.8 Å². The maximum atomic E-state index is 11.2. The molecule has 4 rings (SSSR count).